The second-order valence-electron chi connectivity index (χ2n) is 14.1. The van der Waals surface area contributed by atoms with E-state index in [9.17, 15) is 32.7 Å². The van der Waals surface area contributed by atoms with Gasteiger partial charge in [-0.3, -0.25) is 14.9 Å². The van der Waals surface area contributed by atoms with E-state index in [0.717, 1.165) is 28.3 Å². The highest BCUT2D eigenvalue weighted by Crippen LogP contribution is 2.53. The van der Waals surface area contributed by atoms with Crippen LogP contribution in [0, 0.1) is 17.5 Å². The van der Waals surface area contributed by atoms with E-state index < -0.39 is 58.4 Å². The Labute approximate surface area is 299 Å². The number of esters is 1. The van der Waals surface area contributed by atoms with E-state index in [0.29, 0.717) is 63.1 Å². The van der Waals surface area contributed by atoms with Crippen LogP contribution in [0.1, 0.15) is 48.8 Å². The van der Waals surface area contributed by atoms with Crippen LogP contribution in [-0.4, -0.2) is 83.8 Å². The van der Waals surface area contributed by atoms with E-state index in [4.69, 9.17) is 9.47 Å². The predicted octanol–water partition coefficient (Wildman–Crippen LogP) is 3.56. The zero-order chi connectivity index (χ0) is 36.5. The SMILES string of the molecule is O=CNC1([C@@]23CC(c4ccc(CCCOc5c(F)ccc(F)c5F)cc4)=C(C(=O)OCc4ccccc4)[C@H](CN(C(=O)C4C[C@@H](O)CN4)C2)N3)CC1. The van der Waals surface area contributed by atoms with Gasteiger partial charge in [-0.1, -0.05) is 54.6 Å². The van der Waals surface area contributed by atoms with Crippen LogP contribution in [0.25, 0.3) is 5.57 Å². The molecule has 0 spiro atoms. The Morgan fingerprint density at radius 1 is 1.00 bits per heavy atom. The minimum atomic E-state index is -1.36. The molecule has 3 fully saturated rings. The summed E-state index contributed by atoms with van der Waals surface area (Å²) < 4.78 is 52.7. The van der Waals surface area contributed by atoms with Crippen molar-refractivity contribution in [2.45, 2.75) is 74.4 Å². The quantitative estimate of drug-likeness (QED) is 0.0915. The first-order valence-electron chi connectivity index (χ1n) is 17.6. The smallest absolute Gasteiger partial charge is 0.336 e. The molecule has 13 heteroatoms. The standard InChI is InChI=1S/C39H41F3N4O6/c40-29-12-13-30(41)35(34(29)42)51-16-4-7-24-8-10-26(11-9-24)28-18-39(38(14-15-38)44-23-47)22-46(36(49)31-17-27(48)19-43-31)20-32(45-39)33(28)37(50)52-21-25-5-2-1-3-6-25/h1-3,5-6,8-13,23,27,31-32,43,45,48H,4,7,14-22H2,(H,44,47)/t27-,31?,32+,39-/m1/s1. The van der Waals surface area contributed by atoms with E-state index in [1.54, 1.807) is 4.90 Å². The van der Waals surface area contributed by atoms with Crippen LogP contribution in [-0.2, 0) is 32.1 Å². The monoisotopic (exact) mass is 718 g/mol. The van der Waals surface area contributed by atoms with E-state index in [2.05, 4.69) is 16.0 Å². The number of carbonyl (C=O) groups is 3. The lowest BCUT2D eigenvalue weighted by Gasteiger charge is -2.55. The summed E-state index contributed by atoms with van der Waals surface area (Å²) in [6.07, 6.45) is 2.98. The number of rotatable bonds is 13. The summed E-state index contributed by atoms with van der Waals surface area (Å²) in [5.41, 5.74) is 2.26. The third kappa shape index (κ3) is 7.04. The van der Waals surface area contributed by atoms with Crippen molar-refractivity contribution in [2.24, 2.45) is 0 Å². The number of fused-ring (bicyclic) bond motifs is 2. The molecule has 3 aliphatic heterocycles. The fraction of sp³-hybridized carbons (Fsp3) is 0.410. The zero-order valence-electron chi connectivity index (χ0n) is 28.5. The zero-order valence-corrected chi connectivity index (χ0v) is 28.5. The van der Waals surface area contributed by atoms with Gasteiger partial charge in [-0.2, -0.15) is 4.39 Å². The van der Waals surface area contributed by atoms with Gasteiger partial charge >= 0.3 is 5.97 Å². The summed E-state index contributed by atoms with van der Waals surface area (Å²) in [5.74, 6) is -4.94. The lowest BCUT2D eigenvalue weighted by atomic mass is 9.70. The number of aryl methyl sites for hydroxylation is 1. The number of carbonyl (C=O) groups excluding carboxylic acids is 3. The molecule has 4 N–H and O–H groups in total. The summed E-state index contributed by atoms with van der Waals surface area (Å²) in [6.45, 7) is 0.825. The lowest BCUT2D eigenvalue weighted by molar-refractivity contribution is -0.143. The highest BCUT2D eigenvalue weighted by molar-refractivity contribution is 6.00. The van der Waals surface area contributed by atoms with Crippen molar-refractivity contribution >= 4 is 23.9 Å². The minimum absolute atomic E-state index is 0.0339. The van der Waals surface area contributed by atoms with Gasteiger partial charge in [-0.05, 0) is 72.9 Å². The summed E-state index contributed by atoms with van der Waals surface area (Å²) >= 11 is 0. The molecule has 1 aliphatic carbocycles. The maximum absolute atomic E-state index is 14.1. The molecule has 52 heavy (non-hydrogen) atoms. The van der Waals surface area contributed by atoms with Gasteiger partial charge in [0, 0.05) is 19.6 Å². The van der Waals surface area contributed by atoms with Crippen LogP contribution in [0.15, 0.2) is 72.3 Å². The van der Waals surface area contributed by atoms with Crippen LogP contribution >= 0.6 is 0 Å². The molecule has 3 heterocycles. The van der Waals surface area contributed by atoms with Crippen molar-refractivity contribution in [3.05, 3.63) is 106 Å². The molecule has 2 bridgehead atoms. The molecule has 3 aromatic carbocycles. The summed E-state index contributed by atoms with van der Waals surface area (Å²) in [7, 11) is 0. The normalized spacial score (nSPS) is 24.7. The Hall–Kier alpha value is -4.72. The van der Waals surface area contributed by atoms with Gasteiger partial charge in [0.05, 0.1) is 41.4 Å². The van der Waals surface area contributed by atoms with Crippen molar-refractivity contribution < 1.29 is 42.1 Å². The molecule has 7 rings (SSSR count). The number of amides is 2. The number of piperazine rings is 1. The molecule has 1 saturated carbocycles. The van der Waals surface area contributed by atoms with E-state index >= 15 is 0 Å². The molecule has 2 amide bonds. The average molecular weight is 719 g/mol. The third-order valence-electron chi connectivity index (χ3n) is 10.8. The lowest BCUT2D eigenvalue weighted by Crippen LogP contribution is -2.76. The molecule has 4 atom stereocenters. The number of halogens is 3. The Kier molecular flexibility index (Phi) is 10.1. The van der Waals surface area contributed by atoms with Crippen LogP contribution in [0.5, 0.6) is 5.75 Å². The molecule has 1 unspecified atom stereocenters. The number of nitrogens with zero attached hydrogens (tertiary/aromatic N) is 1. The van der Waals surface area contributed by atoms with Gasteiger partial charge in [0.1, 0.15) is 6.61 Å². The van der Waals surface area contributed by atoms with Crippen LogP contribution < -0.4 is 20.7 Å². The maximum atomic E-state index is 14.1. The van der Waals surface area contributed by atoms with Crippen LogP contribution in [0.2, 0.25) is 0 Å². The summed E-state index contributed by atoms with van der Waals surface area (Å²) in [5, 5.41) is 20.0. The second kappa shape index (κ2) is 14.7. The van der Waals surface area contributed by atoms with Gasteiger partial charge in [0.2, 0.25) is 18.1 Å². The summed E-state index contributed by atoms with van der Waals surface area (Å²) in [4.78, 5) is 41.7. The van der Waals surface area contributed by atoms with Gasteiger partial charge in [0.25, 0.3) is 0 Å². The fourth-order valence-corrected chi connectivity index (χ4v) is 7.95. The Bertz CT molecular complexity index is 1850. The molecule has 274 valence electrons. The number of aliphatic hydroxyl groups excluding tert-OH is 1. The summed E-state index contributed by atoms with van der Waals surface area (Å²) in [6, 6.07) is 17.4. The van der Waals surface area contributed by atoms with E-state index in [1.807, 2.05) is 54.6 Å². The number of aliphatic hydroxyl groups is 1. The first-order chi connectivity index (χ1) is 25.1. The number of hydrogen-bond donors (Lipinski definition) is 4. The van der Waals surface area contributed by atoms with Crippen molar-refractivity contribution in [3.8, 4) is 5.75 Å². The van der Waals surface area contributed by atoms with Gasteiger partial charge in [-0.25, -0.2) is 13.6 Å². The molecule has 0 radical (unpaired) electrons. The largest absolute Gasteiger partial charge is 0.488 e. The van der Waals surface area contributed by atoms with Crippen LogP contribution in [0.3, 0.4) is 0 Å². The van der Waals surface area contributed by atoms with Gasteiger partial charge in [-0.15, -0.1) is 0 Å². The van der Waals surface area contributed by atoms with Crippen molar-refractivity contribution in [2.75, 3.05) is 26.2 Å². The molecular formula is C39H41F3N4O6. The number of ether oxygens (including phenoxy) is 2. The van der Waals surface area contributed by atoms with Crippen molar-refractivity contribution in [3.63, 3.8) is 0 Å². The molecule has 0 aromatic heterocycles. The first-order valence-corrected chi connectivity index (χ1v) is 17.6. The van der Waals surface area contributed by atoms with Gasteiger partial charge in [0.15, 0.2) is 17.4 Å². The van der Waals surface area contributed by atoms with E-state index in [1.165, 1.54) is 0 Å². The van der Waals surface area contributed by atoms with E-state index in [-0.39, 0.29) is 32.2 Å². The molecular weight excluding hydrogens is 677 g/mol. The highest BCUT2D eigenvalue weighted by atomic mass is 19.2. The Morgan fingerprint density at radius 2 is 1.75 bits per heavy atom. The number of hydrogen-bond acceptors (Lipinski definition) is 8. The fourth-order valence-electron chi connectivity index (χ4n) is 7.95. The minimum Gasteiger partial charge on any atom is -0.488 e. The predicted molar refractivity (Wildman–Crippen MR) is 184 cm³/mol. The number of nitrogens with one attached hydrogen (secondary N) is 3. The number of benzene rings is 3. The molecule has 3 aromatic rings. The topological polar surface area (TPSA) is 129 Å². The molecule has 4 aliphatic rings. The molecule has 2 saturated heterocycles. The molecule has 10 nitrogen and oxygen atoms in total. The first kappa shape index (κ1) is 35.7. The van der Waals surface area contributed by atoms with Gasteiger partial charge < -0.3 is 30.1 Å². The Morgan fingerprint density at radius 3 is 2.44 bits per heavy atom. The maximum Gasteiger partial charge on any atom is 0.336 e. The second-order valence-corrected chi connectivity index (χ2v) is 14.1. The van der Waals surface area contributed by atoms with Crippen molar-refractivity contribution in [1.29, 1.82) is 0 Å². The highest BCUT2D eigenvalue weighted by Gasteiger charge is 2.64. The average Bonchev–Trinajstić information content (AvgIpc) is 3.83. The third-order valence-corrected chi connectivity index (χ3v) is 10.8. The Balaban J connectivity index is 1.17. The number of β-amino-alcohol motifs (C(OH)–C–C–N with tert-alkyl or cyclic N) is 1. The van der Waals surface area contributed by atoms with Crippen molar-refractivity contribution in [1.82, 2.24) is 20.9 Å². The van der Waals surface area contributed by atoms with Crippen LogP contribution in [0.4, 0.5) is 13.2 Å².